The molecule has 0 saturated heterocycles. The second kappa shape index (κ2) is 7.01. The fraction of sp³-hybridized carbons (Fsp3) is 0.368. The molecule has 0 unspecified atom stereocenters. The fourth-order valence-electron chi connectivity index (χ4n) is 3.42. The van der Waals surface area contributed by atoms with E-state index >= 15 is 0 Å². The lowest BCUT2D eigenvalue weighted by Crippen LogP contribution is -2.32. The van der Waals surface area contributed by atoms with Crippen molar-refractivity contribution in [3.05, 3.63) is 51.0 Å². The Morgan fingerprint density at radius 1 is 1.30 bits per heavy atom. The van der Waals surface area contributed by atoms with Crippen molar-refractivity contribution in [1.29, 1.82) is 0 Å². The van der Waals surface area contributed by atoms with Gasteiger partial charge in [-0.2, -0.15) is 10.2 Å². The highest BCUT2D eigenvalue weighted by atomic mass is 79.9. The van der Waals surface area contributed by atoms with E-state index in [4.69, 9.17) is 0 Å². The third kappa shape index (κ3) is 3.28. The zero-order valence-corrected chi connectivity index (χ0v) is 18.0. The lowest BCUT2D eigenvalue weighted by Gasteiger charge is -2.12. The van der Waals surface area contributed by atoms with E-state index in [1.165, 1.54) is 4.68 Å². The molecule has 4 heterocycles. The lowest BCUT2D eigenvalue weighted by molar-refractivity contribution is -0.117. The average Bonchev–Trinajstić information content (AvgIpc) is 3.25. The molecule has 0 radical (unpaired) electrons. The normalized spacial score (nSPS) is 14.1. The van der Waals surface area contributed by atoms with Crippen molar-refractivity contribution in [2.45, 2.75) is 45.1 Å². The van der Waals surface area contributed by atoms with Crippen molar-refractivity contribution in [2.75, 3.05) is 5.32 Å². The van der Waals surface area contributed by atoms with Gasteiger partial charge in [0.15, 0.2) is 11.5 Å². The first kappa shape index (κ1) is 18.9. The van der Waals surface area contributed by atoms with Gasteiger partial charge < -0.3 is 5.32 Å². The van der Waals surface area contributed by atoms with Gasteiger partial charge in [0.2, 0.25) is 5.91 Å². The smallest absolute Gasteiger partial charge is 0.293 e. The number of pyridine rings is 1. The molecule has 30 heavy (non-hydrogen) atoms. The number of nitrogens with zero attached hydrogens (tertiary/aromatic N) is 7. The van der Waals surface area contributed by atoms with Crippen LogP contribution in [0.25, 0.3) is 11.2 Å². The molecule has 4 aromatic rings. The van der Waals surface area contributed by atoms with Crippen LogP contribution in [0.3, 0.4) is 0 Å². The molecule has 0 aliphatic heterocycles. The maximum absolute atomic E-state index is 13.0. The summed E-state index contributed by atoms with van der Waals surface area (Å²) in [5.41, 5.74) is 2.24. The highest BCUT2D eigenvalue weighted by molar-refractivity contribution is 9.10. The minimum absolute atomic E-state index is 0.0430. The third-order valence-corrected chi connectivity index (χ3v) is 5.64. The van der Waals surface area contributed by atoms with E-state index < -0.39 is 0 Å². The summed E-state index contributed by atoms with van der Waals surface area (Å²) in [6, 6.07) is 3.57. The number of carbonyl (C=O) groups excluding carboxylic acids is 1. The van der Waals surface area contributed by atoms with Crippen LogP contribution in [0, 0.1) is 0 Å². The number of hydrogen-bond acceptors (Lipinski definition) is 6. The molecular formula is C19H19BrN8O2. The molecule has 0 spiro atoms. The zero-order chi connectivity index (χ0) is 21.0. The molecule has 1 aliphatic rings. The van der Waals surface area contributed by atoms with Crippen LogP contribution in [0.2, 0.25) is 0 Å². The summed E-state index contributed by atoms with van der Waals surface area (Å²) in [5, 5.41) is 19.7. The molecule has 1 fully saturated rings. The SMILES string of the molecule is CC(C)c1nn(CC(=O)Nc2cc(Br)c3nncn3c2)c(=O)c2cc(C3CC3)nn12. The predicted octanol–water partition coefficient (Wildman–Crippen LogP) is 2.34. The van der Waals surface area contributed by atoms with E-state index in [0.717, 1.165) is 18.5 Å². The molecule has 1 amide bonds. The number of fused-ring (bicyclic) bond motifs is 2. The molecule has 0 aromatic carbocycles. The molecule has 1 saturated carbocycles. The van der Waals surface area contributed by atoms with Crippen molar-refractivity contribution in [1.82, 2.24) is 34.0 Å². The Labute approximate surface area is 179 Å². The Kier molecular flexibility index (Phi) is 4.42. The zero-order valence-electron chi connectivity index (χ0n) is 16.4. The summed E-state index contributed by atoms with van der Waals surface area (Å²) in [4.78, 5) is 25.6. The Bertz CT molecular complexity index is 1350. The first-order valence-electron chi connectivity index (χ1n) is 9.70. The standard InChI is InChI=1S/C19H19BrN8O2/c1-10(2)17-25-27(19(30)15-6-14(11-3-4-11)24-28(15)17)8-16(29)22-12-5-13(20)18-23-21-9-26(18)7-12/h5-7,9-11H,3-4,8H2,1-2H3,(H,22,29). The Morgan fingerprint density at radius 2 is 2.10 bits per heavy atom. The summed E-state index contributed by atoms with van der Waals surface area (Å²) in [5.74, 6) is 0.761. The van der Waals surface area contributed by atoms with Crippen LogP contribution in [-0.4, -0.2) is 39.9 Å². The van der Waals surface area contributed by atoms with E-state index in [1.807, 2.05) is 19.9 Å². The Balaban J connectivity index is 1.47. The van der Waals surface area contributed by atoms with Gasteiger partial charge in [0.1, 0.15) is 18.4 Å². The molecule has 4 aromatic heterocycles. The van der Waals surface area contributed by atoms with Gasteiger partial charge in [0.25, 0.3) is 5.56 Å². The van der Waals surface area contributed by atoms with Crippen LogP contribution < -0.4 is 10.9 Å². The summed E-state index contributed by atoms with van der Waals surface area (Å²) in [7, 11) is 0. The van der Waals surface area contributed by atoms with Crippen molar-refractivity contribution in [3.63, 3.8) is 0 Å². The minimum atomic E-state index is -0.357. The van der Waals surface area contributed by atoms with E-state index in [1.54, 1.807) is 27.5 Å². The summed E-state index contributed by atoms with van der Waals surface area (Å²) >= 11 is 3.41. The van der Waals surface area contributed by atoms with Gasteiger partial charge in [-0.15, -0.1) is 10.2 Å². The maximum Gasteiger partial charge on any atom is 0.293 e. The Hall–Kier alpha value is -3.08. The molecule has 5 rings (SSSR count). The summed E-state index contributed by atoms with van der Waals surface area (Å²) < 4.78 is 5.23. The number of halogens is 1. The molecule has 1 N–H and O–H groups in total. The molecule has 154 valence electrons. The molecule has 11 heteroatoms. The molecular weight excluding hydrogens is 452 g/mol. The number of nitrogens with one attached hydrogen (secondary N) is 1. The van der Waals surface area contributed by atoms with Gasteiger partial charge in [0, 0.05) is 18.0 Å². The number of anilines is 1. The maximum atomic E-state index is 13.0. The van der Waals surface area contributed by atoms with Crippen molar-refractivity contribution in [3.8, 4) is 0 Å². The average molecular weight is 471 g/mol. The topological polar surface area (TPSA) is 111 Å². The molecule has 0 atom stereocenters. The molecule has 10 nitrogen and oxygen atoms in total. The number of amides is 1. The number of rotatable bonds is 5. The number of carbonyl (C=O) groups is 1. The van der Waals surface area contributed by atoms with Crippen LogP contribution in [0.1, 0.15) is 50.0 Å². The van der Waals surface area contributed by atoms with Gasteiger partial charge in [-0.3, -0.25) is 14.0 Å². The van der Waals surface area contributed by atoms with Crippen LogP contribution in [0.4, 0.5) is 5.69 Å². The fourth-order valence-corrected chi connectivity index (χ4v) is 3.95. The van der Waals surface area contributed by atoms with Gasteiger partial charge in [-0.05, 0) is 40.9 Å². The van der Waals surface area contributed by atoms with Crippen LogP contribution in [0.5, 0.6) is 0 Å². The van der Waals surface area contributed by atoms with Gasteiger partial charge >= 0.3 is 0 Å². The van der Waals surface area contributed by atoms with E-state index in [0.29, 0.717) is 33.1 Å². The van der Waals surface area contributed by atoms with Crippen LogP contribution >= 0.6 is 15.9 Å². The molecule has 0 bridgehead atoms. The quantitative estimate of drug-likeness (QED) is 0.478. The monoisotopic (exact) mass is 470 g/mol. The van der Waals surface area contributed by atoms with E-state index in [9.17, 15) is 9.59 Å². The minimum Gasteiger partial charge on any atom is -0.323 e. The first-order chi connectivity index (χ1) is 14.4. The summed E-state index contributed by atoms with van der Waals surface area (Å²) in [6.45, 7) is 3.78. The highest BCUT2D eigenvalue weighted by Gasteiger charge is 2.28. The van der Waals surface area contributed by atoms with Gasteiger partial charge in [-0.1, -0.05) is 13.8 Å². The highest BCUT2D eigenvalue weighted by Crippen LogP contribution is 2.39. The predicted molar refractivity (Wildman–Crippen MR) is 113 cm³/mol. The third-order valence-electron chi connectivity index (χ3n) is 5.06. The molecule has 1 aliphatic carbocycles. The van der Waals surface area contributed by atoms with Gasteiger partial charge in [0.05, 0.1) is 15.9 Å². The van der Waals surface area contributed by atoms with E-state index in [-0.39, 0.29) is 23.9 Å². The summed E-state index contributed by atoms with van der Waals surface area (Å²) in [6.07, 6.45) is 5.44. The van der Waals surface area contributed by atoms with E-state index in [2.05, 4.69) is 41.6 Å². The number of hydrogen-bond donors (Lipinski definition) is 1. The van der Waals surface area contributed by atoms with Crippen LogP contribution in [0.15, 0.2) is 33.9 Å². The Morgan fingerprint density at radius 3 is 2.83 bits per heavy atom. The second-order valence-electron chi connectivity index (χ2n) is 7.80. The van der Waals surface area contributed by atoms with Gasteiger partial charge in [-0.25, -0.2) is 9.20 Å². The van der Waals surface area contributed by atoms with Crippen molar-refractivity contribution < 1.29 is 4.79 Å². The van der Waals surface area contributed by atoms with Crippen molar-refractivity contribution in [2.24, 2.45) is 0 Å². The number of aromatic nitrogens is 7. The lowest BCUT2D eigenvalue weighted by atomic mass is 10.2. The largest absolute Gasteiger partial charge is 0.323 e. The van der Waals surface area contributed by atoms with Crippen LogP contribution in [-0.2, 0) is 11.3 Å². The second-order valence-corrected chi connectivity index (χ2v) is 8.66. The first-order valence-corrected chi connectivity index (χ1v) is 10.5. The van der Waals surface area contributed by atoms with Crippen molar-refractivity contribution >= 4 is 38.7 Å².